The normalized spacial score (nSPS) is 32.1. The van der Waals surface area contributed by atoms with E-state index in [1.807, 2.05) is 15.8 Å². The number of hydrogen-bond acceptors (Lipinski definition) is 5. The Bertz CT molecular complexity index is 601. The highest BCUT2D eigenvalue weighted by Crippen LogP contribution is 2.29. The molecule has 0 spiro atoms. The van der Waals surface area contributed by atoms with E-state index in [0.29, 0.717) is 37.7 Å². The van der Waals surface area contributed by atoms with E-state index in [1.54, 1.807) is 12.0 Å². The molecule has 0 aromatic carbocycles. The van der Waals surface area contributed by atoms with Gasteiger partial charge in [0.15, 0.2) is 0 Å². The largest absolute Gasteiger partial charge is 0.378 e. The van der Waals surface area contributed by atoms with Crippen LogP contribution < -0.4 is 4.90 Å². The first-order valence-corrected chi connectivity index (χ1v) is 9.33. The second kappa shape index (κ2) is 7.39. The summed E-state index contributed by atoms with van der Waals surface area (Å²) in [5.41, 5.74) is 0.869. The van der Waals surface area contributed by atoms with Gasteiger partial charge >= 0.3 is 0 Å². The molecule has 5 heterocycles. The van der Waals surface area contributed by atoms with Crippen LogP contribution in [-0.2, 0) is 27.4 Å². The highest BCUT2D eigenvalue weighted by Gasteiger charge is 2.47. The van der Waals surface area contributed by atoms with E-state index in [-0.39, 0.29) is 5.92 Å². The van der Waals surface area contributed by atoms with Crippen molar-refractivity contribution in [1.82, 2.24) is 19.9 Å². The summed E-state index contributed by atoms with van der Waals surface area (Å²) in [6.45, 7) is 6.37. The van der Waals surface area contributed by atoms with Crippen LogP contribution in [0.1, 0.15) is 18.5 Å². The average Bonchev–Trinajstić information content (AvgIpc) is 3.10. The lowest BCUT2D eigenvalue weighted by Gasteiger charge is -2.47. The van der Waals surface area contributed by atoms with Gasteiger partial charge in [-0.25, -0.2) is 4.68 Å². The van der Waals surface area contributed by atoms with Gasteiger partial charge < -0.3 is 19.3 Å². The molecule has 1 amide bonds. The Kier molecular flexibility index (Phi) is 5.00. The molecule has 4 fully saturated rings. The quantitative estimate of drug-likeness (QED) is 0.705. The van der Waals surface area contributed by atoms with Crippen LogP contribution in [0.5, 0.6) is 0 Å². The van der Waals surface area contributed by atoms with Crippen molar-refractivity contribution in [2.24, 2.45) is 11.8 Å². The molecule has 4 aliphatic heterocycles. The molecule has 4 atom stereocenters. The molecule has 2 bridgehead atoms. The minimum Gasteiger partial charge on any atom is -0.378 e. The van der Waals surface area contributed by atoms with Gasteiger partial charge in [-0.15, -0.1) is 5.10 Å². The van der Waals surface area contributed by atoms with Gasteiger partial charge in [-0.2, -0.15) is 0 Å². The third-order valence-corrected chi connectivity index (χ3v) is 5.98. The van der Waals surface area contributed by atoms with Gasteiger partial charge in [0, 0.05) is 33.0 Å². The van der Waals surface area contributed by atoms with Crippen LogP contribution in [-0.4, -0.2) is 78.3 Å². The van der Waals surface area contributed by atoms with Gasteiger partial charge in [0.1, 0.15) is 11.7 Å². The van der Waals surface area contributed by atoms with Crippen LogP contribution in [0, 0.1) is 11.8 Å². The summed E-state index contributed by atoms with van der Waals surface area (Å²) >= 11 is 0. The van der Waals surface area contributed by atoms with Crippen LogP contribution in [0.4, 0.5) is 0 Å². The molecule has 4 aliphatic rings. The van der Waals surface area contributed by atoms with Crippen molar-refractivity contribution < 1.29 is 19.2 Å². The molecule has 8 heteroatoms. The van der Waals surface area contributed by atoms with Gasteiger partial charge in [-0.05, 0) is 5.92 Å². The second-order valence-electron chi connectivity index (χ2n) is 7.50. The Labute approximate surface area is 148 Å². The number of amides is 1. The summed E-state index contributed by atoms with van der Waals surface area (Å²) in [5.74, 6) is 1.06. The smallest absolute Gasteiger partial charge is 0.231 e. The van der Waals surface area contributed by atoms with E-state index in [2.05, 4.69) is 10.3 Å². The lowest BCUT2D eigenvalue weighted by atomic mass is 9.75. The zero-order chi connectivity index (χ0) is 17.2. The molecule has 8 nitrogen and oxygen atoms in total. The Morgan fingerprint density at radius 3 is 3.00 bits per heavy atom. The van der Waals surface area contributed by atoms with Crippen molar-refractivity contribution in [2.75, 3.05) is 46.5 Å². The topological polar surface area (TPSA) is 73.9 Å². The summed E-state index contributed by atoms with van der Waals surface area (Å²) in [7, 11) is 1.67. The first kappa shape index (κ1) is 16.9. The van der Waals surface area contributed by atoms with Crippen molar-refractivity contribution in [1.29, 1.82) is 0 Å². The zero-order valence-electron chi connectivity index (χ0n) is 14.9. The number of carbonyl (C=O) groups is 1. The molecule has 4 saturated heterocycles. The summed E-state index contributed by atoms with van der Waals surface area (Å²) in [6.07, 6.45) is 4.25. The number of fused-ring (bicyclic) bond motifs is 3. The molecule has 1 N–H and O–H groups in total. The number of morpholine rings is 1. The third-order valence-electron chi connectivity index (χ3n) is 5.98. The summed E-state index contributed by atoms with van der Waals surface area (Å²) in [6, 6.07) is 0.532. The van der Waals surface area contributed by atoms with Crippen LogP contribution in [0.3, 0.4) is 0 Å². The molecule has 5 rings (SSSR count). The van der Waals surface area contributed by atoms with Crippen molar-refractivity contribution in [3.05, 3.63) is 11.9 Å². The maximum absolute atomic E-state index is 12.9. The maximum Gasteiger partial charge on any atom is 0.231 e. The fraction of sp³-hybridized carbons (Fsp3) is 0.824. The Morgan fingerprint density at radius 1 is 1.44 bits per heavy atom. The molecule has 0 saturated carbocycles. The fourth-order valence-electron chi connectivity index (χ4n) is 4.69. The van der Waals surface area contributed by atoms with Gasteiger partial charge in [-0.3, -0.25) is 4.79 Å². The highest BCUT2D eigenvalue weighted by molar-refractivity contribution is 5.79. The van der Waals surface area contributed by atoms with Crippen molar-refractivity contribution in [3.8, 4) is 0 Å². The van der Waals surface area contributed by atoms with E-state index < -0.39 is 0 Å². The molecule has 138 valence electrons. The van der Waals surface area contributed by atoms with E-state index in [9.17, 15) is 4.79 Å². The molecule has 1 aromatic rings. The lowest BCUT2D eigenvalue weighted by Crippen LogP contribution is -3.20. The number of hydrogen-bond donors (Lipinski definition) is 1. The summed E-state index contributed by atoms with van der Waals surface area (Å²) < 4.78 is 12.4. The molecular formula is C17H28N5O3+. The van der Waals surface area contributed by atoms with E-state index in [1.165, 1.54) is 13.0 Å². The molecule has 1 unspecified atom stereocenters. The van der Waals surface area contributed by atoms with Crippen molar-refractivity contribution >= 4 is 5.91 Å². The van der Waals surface area contributed by atoms with Crippen molar-refractivity contribution in [3.63, 3.8) is 0 Å². The second-order valence-corrected chi connectivity index (χ2v) is 7.50. The fourth-order valence-corrected chi connectivity index (χ4v) is 4.69. The molecule has 25 heavy (non-hydrogen) atoms. The number of methoxy groups -OCH3 is 1. The first-order valence-electron chi connectivity index (χ1n) is 9.33. The average molecular weight is 350 g/mol. The van der Waals surface area contributed by atoms with Gasteiger partial charge in [0.2, 0.25) is 5.91 Å². The number of quaternary nitrogens is 1. The Balaban J connectivity index is 1.37. The zero-order valence-corrected chi connectivity index (χ0v) is 14.9. The van der Waals surface area contributed by atoms with E-state index in [4.69, 9.17) is 9.47 Å². The third kappa shape index (κ3) is 3.56. The predicted octanol–water partition coefficient (Wildman–Crippen LogP) is -1.42. The van der Waals surface area contributed by atoms with Crippen molar-refractivity contribution in [2.45, 2.75) is 32.0 Å². The summed E-state index contributed by atoms with van der Waals surface area (Å²) in [5, 5.41) is 8.37. The van der Waals surface area contributed by atoms with Crippen LogP contribution in [0.15, 0.2) is 6.20 Å². The van der Waals surface area contributed by atoms with Crippen LogP contribution in [0.2, 0.25) is 0 Å². The van der Waals surface area contributed by atoms with Crippen LogP contribution in [0.25, 0.3) is 0 Å². The number of nitrogens with one attached hydrogen (secondary N) is 1. The highest BCUT2D eigenvalue weighted by atomic mass is 16.5. The Morgan fingerprint density at radius 2 is 2.28 bits per heavy atom. The number of nitrogens with zero attached hydrogens (tertiary/aromatic N) is 4. The number of piperidine rings is 3. The number of rotatable bonds is 5. The van der Waals surface area contributed by atoms with E-state index >= 15 is 0 Å². The summed E-state index contributed by atoms with van der Waals surface area (Å²) in [4.78, 5) is 16.5. The molecule has 0 aliphatic carbocycles. The Hall–Kier alpha value is -1.51. The minimum atomic E-state index is 0.192. The standard InChI is InChI=1S/C17H27N5O3/c1-24-12-14-9-22(19-18-14)10-15-8-13-2-3-21(15)11-16(13)17(23)20-4-6-25-7-5-20/h9,13,15-16H,2-8,10-12H2,1H3/p+1/t13-,15-,16+/m1/s1. The first-order chi connectivity index (χ1) is 12.2. The number of aromatic nitrogens is 3. The molecular weight excluding hydrogens is 322 g/mol. The monoisotopic (exact) mass is 350 g/mol. The van der Waals surface area contributed by atoms with Gasteiger partial charge in [0.25, 0.3) is 0 Å². The van der Waals surface area contributed by atoms with Crippen LogP contribution >= 0.6 is 0 Å². The minimum absolute atomic E-state index is 0.192. The number of carbonyl (C=O) groups excluding carboxylic acids is 1. The van der Waals surface area contributed by atoms with E-state index in [0.717, 1.165) is 38.3 Å². The van der Waals surface area contributed by atoms with Gasteiger partial charge in [0.05, 0.1) is 51.6 Å². The SMILES string of the molecule is COCc1cn(C[C@H]2C[C@H]3CC[NH+]2C[C@@H]3C(=O)N2CCOCC2)nn1. The molecule has 1 aromatic heterocycles. The molecule has 0 radical (unpaired) electrons. The predicted molar refractivity (Wildman–Crippen MR) is 88.8 cm³/mol. The number of ether oxygens (including phenoxy) is 2. The lowest BCUT2D eigenvalue weighted by molar-refractivity contribution is -0.945. The maximum atomic E-state index is 12.9. The van der Waals surface area contributed by atoms with Gasteiger partial charge in [-0.1, -0.05) is 5.21 Å².